The maximum atomic E-state index is 12.5. The van der Waals surface area contributed by atoms with Gasteiger partial charge >= 0.3 is 5.97 Å². The van der Waals surface area contributed by atoms with Crippen LogP contribution in [-0.2, 0) is 4.79 Å². The Bertz CT molecular complexity index is 1160. The zero-order valence-electron chi connectivity index (χ0n) is 18.0. The summed E-state index contributed by atoms with van der Waals surface area (Å²) >= 11 is 1.33. The lowest BCUT2D eigenvalue weighted by Gasteiger charge is -2.12. The summed E-state index contributed by atoms with van der Waals surface area (Å²) in [4.78, 5) is 37.0. The fourth-order valence-electron chi connectivity index (χ4n) is 2.95. The summed E-state index contributed by atoms with van der Waals surface area (Å²) in [6.45, 7) is 0. The number of amides is 2. The van der Waals surface area contributed by atoms with Crippen molar-refractivity contribution in [2.24, 2.45) is 0 Å². The molecule has 3 aromatic carbocycles. The number of nitrogens with one attached hydrogen (secondary N) is 2. The predicted molar refractivity (Wildman–Crippen MR) is 127 cm³/mol. The summed E-state index contributed by atoms with van der Waals surface area (Å²) in [5.41, 5.74) is 1.03. The summed E-state index contributed by atoms with van der Waals surface area (Å²) in [6.07, 6.45) is 0. The van der Waals surface area contributed by atoms with Crippen molar-refractivity contribution in [3.05, 3.63) is 77.9 Å². The third-order valence-electron chi connectivity index (χ3n) is 4.56. The normalized spacial score (nSPS) is 10.2. The molecule has 0 aromatic heterocycles. The Morgan fingerprint density at radius 2 is 1.58 bits per heavy atom. The van der Waals surface area contributed by atoms with E-state index in [1.54, 1.807) is 61.7 Å². The lowest BCUT2D eigenvalue weighted by molar-refractivity contribution is -0.113. The van der Waals surface area contributed by atoms with E-state index in [2.05, 4.69) is 10.6 Å². The molecule has 0 aliphatic carbocycles. The molecule has 0 saturated heterocycles. The van der Waals surface area contributed by atoms with Gasteiger partial charge in [0.15, 0.2) is 0 Å². The second-order valence-corrected chi connectivity index (χ2v) is 7.78. The quantitative estimate of drug-likeness (QED) is 0.401. The molecule has 0 unspecified atom stereocenters. The van der Waals surface area contributed by atoms with E-state index >= 15 is 0 Å². The Hall–Kier alpha value is -3.98. The molecule has 2 amide bonds. The summed E-state index contributed by atoms with van der Waals surface area (Å²) in [7, 11) is 3.06. The molecule has 0 bridgehead atoms. The van der Waals surface area contributed by atoms with E-state index in [4.69, 9.17) is 9.47 Å². The van der Waals surface area contributed by atoms with Gasteiger partial charge in [-0.2, -0.15) is 0 Å². The topological polar surface area (TPSA) is 114 Å². The van der Waals surface area contributed by atoms with Crippen LogP contribution in [0.25, 0.3) is 0 Å². The van der Waals surface area contributed by atoms with Crippen molar-refractivity contribution in [2.45, 2.75) is 4.90 Å². The number of ether oxygens (including phenoxy) is 2. The molecule has 9 heteroatoms. The van der Waals surface area contributed by atoms with Gasteiger partial charge in [0.1, 0.15) is 11.5 Å². The summed E-state index contributed by atoms with van der Waals surface area (Å²) in [5, 5.41) is 14.7. The highest BCUT2D eigenvalue weighted by Gasteiger charge is 2.16. The first-order chi connectivity index (χ1) is 15.9. The first kappa shape index (κ1) is 23.7. The molecule has 0 radical (unpaired) electrons. The van der Waals surface area contributed by atoms with Crippen LogP contribution in [0.2, 0.25) is 0 Å². The zero-order valence-corrected chi connectivity index (χ0v) is 18.8. The minimum Gasteiger partial charge on any atom is -0.497 e. The summed E-state index contributed by atoms with van der Waals surface area (Å²) in [5.74, 6) is -0.606. The van der Waals surface area contributed by atoms with Gasteiger partial charge in [-0.15, -0.1) is 11.8 Å². The number of aromatic carboxylic acids is 1. The van der Waals surface area contributed by atoms with Gasteiger partial charge in [-0.25, -0.2) is 4.79 Å². The monoisotopic (exact) mass is 466 g/mol. The Labute approximate surface area is 194 Å². The summed E-state index contributed by atoms with van der Waals surface area (Å²) < 4.78 is 10.4. The number of hydrogen-bond acceptors (Lipinski definition) is 6. The van der Waals surface area contributed by atoms with Crippen molar-refractivity contribution in [2.75, 3.05) is 30.6 Å². The van der Waals surface area contributed by atoms with Crippen LogP contribution in [-0.4, -0.2) is 42.9 Å². The molecule has 0 spiro atoms. The van der Waals surface area contributed by atoms with Gasteiger partial charge in [0.05, 0.1) is 36.8 Å². The Morgan fingerprint density at radius 1 is 0.879 bits per heavy atom. The Morgan fingerprint density at radius 3 is 2.21 bits per heavy atom. The van der Waals surface area contributed by atoms with Gasteiger partial charge in [-0.05, 0) is 48.5 Å². The molecule has 170 valence electrons. The fourth-order valence-corrected chi connectivity index (χ4v) is 3.65. The molecule has 8 nitrogen and oxygen atoms in total. The number of anilines is 2. The van der Waals surface area contributed by atoms with E-state index in [0.29, 0.717) is 22.9 Å². The van der Waals surface area contributed by atoms with Crippen LogP contribution < -0.4 is 20.1 Å². The third-order valence-corrected chi connectivity index (χ3v) is 5.58. The molecular formula is C24H22N2O6S. The number of carbonyl (C=O) groups excluding carboxylic acids is 2. The van der Waals surface area contributed by atoms with E-state index in [1.807, 2.05) is 0 Å². The Kier molecular flexibility index (Phi) is 7.93. The average Bonchev–Trinajstić information content (AvgIpc) is 2.83. The van der Waals surface area contributed by atoms with Crippen molar-refractivity contribution in [1.82, 2.24) is 0 Å². The minimum absolute atomic E-state index is 0.0687. The maximum Gasteiger partial charge on any atom is 0.336 e. The SMILES string of the molecule is COc1ccc(OC)c(NC(=O)CSc2ccc(NC(=O)c3ccccc3C(=O)O)cc2)c1. The fraction of sp³-hybridized carbons (Fsp3) is 0.125. The molecule has 0 aliphatic rings. The lowest BCUT2D eigenvalue weighted by Crippen LogP contribution is -2.16. The largest absolute Gasteiger partial charge is 0.497 e. The second-order valence-electron chi connectivity index (χ2n) is 6.73. The van der Waals surface area contributed by atoms with Gasteiger partial charge in [0.25, 0.3) is 5.91 Å². The lowest BCUT2D eigenvalue weighted by atomic mass is 10.1. The third kappa shape index (κ3) is 6.27. The van der Waals surface area contributed by atoms with Crippen molar-refractivity contribution < 1.29 is 29.0 Å². The minimum atomic E-state index is -1.17. The van der Waals surface area contributed by atoms with E-state index in [1.165, 1.54) is 31.0 Å². The molecule has 0 saturated carbocycles. The molecule has 3 aromatic rings. The summed E-state index contributed by atoms with van der Waals surface area (Å²) in [6, 6.07) is 18.0. The first-order valence-corrected chi connectivity index (χ1v) is 10.8. The smallest absolute Gasteiger partial charge is 0.336 e. The van der Waals surface area contributed by atoms with Crippen molar-refractivity contribution >= 4 is 40.9 Å². The molecule has 0 fully saturated rings. The molecule has 33 heavy (non-hydrogen) atoms. The highest BCUT2D eigenvalue weighted by Crippen LogP contribution is 2.29. The van der Waals surface area contributed by atoms with Crippen molar-refractivity contribution in [3.63, 3.8) is 0 Å². The van der Waals surface area contributed by atoms with E-state index in [-0.39, 0.29) is 22.8 Å². The second kappa shape index (κ2) is 11.1. The standard InChI is InChI=1S/C24H22N2O6S/c1-31-16-9-12-21(32-2)20(13-16)26-22(27)14-33-17-10-7-15(8-11-17)25-23(28)18-5-3-4-6-19(18)24(29)30/h3-13H,14H2,1-2H3,(H,25,28)(H,26,27)(H,29,30). The van der Waals surface area contributed by atoms with E-state index in [0.717, 1.165) is 4.90 Å². The Balaban J connectivity index is 1.58. The molecule has 0 aliphatic heterocycles. The highest BCUT2D eigenvalue weighted by atomic mass is 32.2. The van der Waals surface area contributed by atoms with E-state index in [9.17, 15) is 19.5 Å². The van der Waals surface area contributed by atoms with Gasteiger partial charge in [-0.3, -0.25) is 9.59 Å². The van der Waals surface area contributed by atoms with Crippen molar-refractivity contribution in [3.8, 4) is 11.5 Å². The van der Waals surface area contributed by atoms with Crippen LogP contribution in [0, 0.1) is 0 Å². The molecule has 3 rings (SSSR count). The number of thioether (sulfide) groups is 1. The predicted octanol–water partition coefficient (Wildman–Crippen LogP) is 4.39. The zero-order chi connectivity index (χ0) is 23.8. The van der Waals surface area contributed by atoms with Gasteiger partial charge in [0.2, 0.25) is 5.91 Å². The van der Waals surface area contributed by atoms with Crippen LogP contribution in [0.3, 0.4) is 0 Å². The highest BCUT2D eigenvalue weighted by molar-refractivity contribution is 8.00. The van der Waals surface area contributed by atoms with Gasteiger partial charge in [-0.1, -0.05) is 12.1 Å². The molecular weight excluding hydrogens is 444 g/mol. The van der Waals surface area contributed by atoms with Crippen LogP contribution in [0.4, 0.5) is 11.4 Å². The first-order valence-electron chi connectivity index (χ1n) is 9.79. The average molecular weight is 467 g/mol. The number of methoxy groups -OCH3 is 2. The number of carbonyl (C=O) groups is 3. The van der Waals surface area contributed by atoms with Crippen molar-refractivity contribution in [1.29, 1.82) is 0 Å². The molecule has 3 N–H and O–H groups in total. The maximum absolute atomic E-state index is 12.5. The van der Waals surface area contributed by atoms with Crippen LogP contribution >= 0.6 is 11.8 Å². The molecule has 0 atom stereocenters. The van der Waals surface area contributed by atoms with Gasteiger partial charge < -0.3 is 25.2 Å². The van der Waals surface area contributed by atoms with Gasteiger partial charge in [0, 0.05) is 16.6 Å². The number of rotatable bonds is 9. The number of carboxylic acids is 1. The molecule has 0 heterocycles. The van der Waals surface area contributed by atoms with Crippen LogP contribution in [0.15, 0.2) is 71.6 Å². The number of carboxylic acid groups (broad SMARTS) is 1. The number of hydrogen-bond donors (Lipinski definition) is 3. The number of benzene rings is 3. The van der Waals surface area contributed by atoms with Crippen LogP contribution in [0.1, 0.15) is 20.7 Å². The van der Waals surface area contributed by atoms with Crippen LogP contribution in [0.5, 0.6) is 11.5 Å². The van der Waals surface area contributed by atoms with E-state index < -0.39 is 11.9 Å².